The fourth-order valence-electron chi connectivity index (χ4n) is 3.32. The highest BCUT2D eigenvalue weighted by Crippen LogP contribution is 2.24. The number of amides is 2. The molecule has 1 fully saturated rings. The molecule has 7 nitrogen and oxygen atoms in total. The fourth-order valence-corrected chi connectivity index (χ4v) is 3.32. The Labute approximate surface area is 155 Å². The molecule has 1 aliphatic heterocycles. The van der Waals surface area contributed by atoms with E-state index >= 15 is 0 Å². The van der Waals surface area contributed by atoms with Crippen molar-refractivity contribution in [1.82, 2.24) is 14.9 Å². The number of aromatic nitrogens is 2. The van der Waals surface area contributed by atoms with Gasteiger partial charge < -0.3 is 15.4 Å². The molecule has 0 bridgehead atoms. The Bertz CT molecular complexity index is 993. The number of hydrogen-bond donors (Lipinski definition) is 1. The minimum absolute atomic E-state index is 0.260. The Morgan fingerprint density at radius 2 is 1.96 bits per heavy atom. The molecule has 0 unspecified atom stereocenters. The summed E-state index contributed by atoms with van der Waals surface area (Å²) in [7, 11) is 0. The first-order chi connectivity index (χ1) is 13.1. The molecular formula is C20H18N4O3. The quantitative estimate of drug-likeness (QED) is 0.763. The zero-order chi connectivity index (χ0) is 18.8. The number of hydrogen-bond acceptors (Lipinski definition) is 5. The molecule has 7 heteroatoms. The van der Waals surface area contributed by atoms with Crippen LogP contribution >= 0.6 is 0 Å². The maximum Gasteiger partial charge on any atom is 0.273 e. The number of para-hydroxylation sites is 1. The zero-order valence-electron chi connectivity index (χ0n) is 14.5. The molecule has 27 heavy (non-hydrogen) atoms. The summed E-state index contributed by atoms with van der Waals surface area (Å²) in [6.07, 6.45) is 3.24. The number of primary amides is 1. The third-order valence-electron chi connectivity index (χ3n) is 4.61. The molecule has 136 valence electrons. The van der Waals surface area contributed by atoms with Crippen molar-refractivity contribution in [2.24, 2.45) is 5.73 Å². The molecule has 2 aromatic heterocycles. The Kier molecular flexibility index (Phi) is 4.42. The van der Waals surface area contributed by atoms with Crippen molar-refractivity contribution in [2.75, 3.05) is 6.54 Å². The Morgan fingerprint density at radius 1 is 1.11 bits per heavy atom. The maximum absolute atomic E-state index is 13.0. The van der Waals surface area contributed by atoms with Crippen molar-refractivity contribution in [3.05, 3.63) is 66.6 Å². The molecule has 0 spiro atoms. The topological polar surface area (TPSA) is 98.4 Å². The van der Waals surface area contributed by atoms with E-state index in [2.05, 4.69) is 9.97 Å². The molecule has 3 aromatic rings. The number of benzene rings is 1. The van der Waals surface area contributed by atoms with Gasteiger partial charge in [0, 0.05) is 18.0 Å². The maximum atomic E-state index is 13.0. The minimum atomic E-state index is -0.729. The Balaban J connectivity index is 1.57. The van der Waals surface area contributed by atoms with E-state index in [1.807, 2.05) is 30.3 Å². The van der Waals surface area contributed by atoms with Gasteiger partial charge in [-0.25, -0.2) is 4.98 Å². The van der Waals surface area contributed by atoms with Gasteiger partial charge in [0.1, 0.15) is 23.6 Å². The number of carbonyl (C=O) groups excluding carboxylic acids is 2. The summed E-state index contributed by atoms with van der Waals surface area (Å²) >= 11 is 0. The summed E-state index contributed by atoms with van der Waals surface area (Å²) in [5.41, 5.74) is 6.53. The monoisotopic (exact) mass is 362 g/mol. The molecule has 2 atom stereocenters. The van der Waals surface area contributed by atoms with Crippen LogP contribution in [0.4, 0.5) is 0 Å². The van der Waals surface area contributed by atoms with E-state index in [4.69, 9.17) is 10.5 Å². The summed E-state index contributed by atoms with van der Waals surface area (Å²) in [5.74, 6) is -0.299. The zero-order valence-corrected chi connectivity index (χ0v) is 14.5. The van der Waals surface area contributed by atoms with Crippen molar-refractivity contribution in [1.29, 1.82) is 0 Å². The first-order valence-electron chi connectivity index (χ1n) is 8.64. The van der Waals surface area contributed by atoms with Crippen molar-refractivity contribution in [3.63, 3.8) is 0 Å². The van der Waals surface area contributed by atoms with E-state index in [9.17, 15) is 9.59 Å². The van der Waals surface area contributed by atoms with Crippen molar-refractivity contribution in [2.45, 2.75) is 18.6 Å². The Morgan fingerprint density at radius 3 is 2.74 bits per heavy atom. The number of ether oxygens (including phenoxy) is 1. The summed E-state index contributed by atoms with van der Waals surface area (Å²) < 4.78 is 5.86. The number of nitrogens with two attached hydrogens (primary N) is 1. The van der Waals surface area contributed by atoms with Gasteiger partial charge in [-0.1, -0.05) is 24.3 Å². The van der Waals surface area contributed by atoms with Crippen LogP contribution in [0, 0.1) is 0 Å². The number of likely N-dealkylation sites (tertiary alicyclic amines) is 1. The molecule has 1 aromatic carbocycles. The Hall–Kier alpha value is -3.48. The molecule has 2 amide bonds. The summed E-state index contributed by atoms with van der Waals surface area (Å²) in [5, 5.41) is 0.944. The molecular weight excluding hydrogens is 344 g/mol. The van der Waals surface area contributed by atoms with Gasteiger partial charge in [0.2, 0.25) is 5.91 Å². The number of pyridine rings is 2. The molecule has 0 saturated carbocycles. The van der Waals surface area contributed by atoms with Crippen LogP contribution in [0.2, 0.25) is 0 Å². The lowest BCUT2D eigenvalue weighted by Crippen LogP contribution is -2.44. The van der Waals surface area contributed by atoms with Crippen LogP contribution < -0.4 is 10.5 Å². The smallest absolute Gasteiger partial charge is 0.273 e. The second-order valence-corrected chi connectivity index (χ2v) is 6.43. The van der Waals surface area contributed by atoms with Crippen LogP contribution in [0.5, 0.6) is 5.75 Å². The van der Waals surface area contributed by atoms with Gasteiger partial charge in [0.05, 0.1) is 18.3 Å². The molecule has 4 rings (SSSR count). The van der Waals surface area contributed by atoms with Crippen LogP contribution in [-0.4, -0.2) is 45.4 Å². The van der Waals surface area contributed by atoms with Gasteiger partial charge in [-0.3, -0.25) is 14.6 Å². The number of carbonyl (C=O) groups is 2. The van der Waals surface area contributed by atoms with E-state index in [1.54, 1.807) is 30.6 Å². The van der Waals surface area contributed by atoms with Gasteiger partial charge in [-0.2, -0.15) is 0 Å². The molecule has 3 heterocycles. The average molecular weight is 362 g/mol. The molecule has 0 radical (unpaired) electrons. The second kappa shape index (κ2) is 7.03. The number of nitrogens with zero attached hydrogens (tertiary/aromatic N) is 3. The van der Waals surface area contributed by atoms with E-state index in [0.29, 0.717) is 12.2 Å². The molecule has 2 N–H and O–H groups in total. The first-order valence-corrected chi connectivity index (χ1v) is 8.64. The number of fused-ring (bicyclic) bond motifs is 1. The van der Waals surface area contributed by atoms with Crippen molar-refractivity contribution >= 4 is 22.7 Å². The minimum Gasteiger partial charge on any atom is -0.487 e. The molecule has 1 saturated heterocycles. The van der Waals surface area contributed by atoms with E-state index in [0.717, 1.165) is 10.9 Å². The third kappa shape index (κ3) is 3.44. The lowest BCUT2D eigenvalue weighted by atomic mass is 10.1. The molecule has 1 aliphatic rings. The van der Waals surface area contributed by atoms with Crippen LogP contribution in [0.1, 0.15) is 16.9 Å². The van der Waals surface area contributed by atoms with Crippen molar-refractivity contribution in [3.8, 4) is 5.75 Å². The van der Waals surface area contributed by atoms with Crippen molar-refractivity contribution < 1.29 is 14.3 Å². The van der Waals surface area contributed by atoms with Gasteiger partial charge in [-0.15, -0.1) is 0 Å². The highest BCUT2D eigenvalue weighted by molar-refractivity contribution is 5.98. The fraction of sp³-hybridized carbons (Fsp3) is 0.200. The second-order valence-electron chi connectivity index (χ2n) is 6.43. The van der Waals surface area contributed by atoms with Gasteiger partial charge in [-0.05, 0) is 24.3 Å². The first kappa shape index (κ1) is 17.0. The highest BCUT2D eigenvalue weighted by Gasteiger charge is 2.40. The summed E-state index contributed by atoms with van der Waals surface area (Å²) in [4.78, 5) is 34.8. The van der Waals surface area contributed by atoms with E-state index in [1.165, 1.54) is 4.90 Å². The van der Waals surface area contributed by atoms with Crippen LogP contribution in [0.25, 0.3) is 10.9 Å². The van der Waals surface area contributed by atoms with Crippen LogP contribution in [-0.2, 0) is 4.79 Å². The summed E-state index contributed by atoms with van der Waals surface area (Å²) in [6, 6.07) is 13.9. The largest absolute Gasteiger partial charge is 0.487 e. The lowest BCUT2D eigenvalue weighted by molar-refractivity contribution is -0.121. The normalized spacial score (nSPS) is 19.2. The lowest BCUT2D eigenvalue weighted by Gasteiger charge is -2.21. The predicted octanol–water partition coefficient (Wildman–Crippen LogP) is 1.78. The van der Waals surface area contributed by atoms with Gasteiger partial charge in [0.15, 0.2) is 0 Å². The van der Waals surface area contributed by atoms with Gasteiger partial charge in [0.25, 0.3) is 5.91 Å². The van der Waals surface area contributed by atoms with Gasteiger partial charge >= 0.3 is 0 Å². The highest BCUT2D eigenvalue weighted by atomic mass is 16.5. The third-order valence-corrected chi connectivity index (χ3v) is 4.61. The SMILES string of the molecule is NC(=O)[C@@H]1C[C@H](Oc2cccnc2)CN1C(=O)c1ccc2ccccc2n1. The number of rotatable bonds is 4. The van der Waals surface area contributed by atoms with E-state index < -0.39 is 11.9 Å². The van der Waals surface area contributed by atoms with Crippen LogP contribution in [0.3, 0.4) is 0 Å². The predicted molar refractivity (Wildman–Crippen MR) is 99.0 cm³/mol. The van der Waals surface area contributed by atoms with E-state index in [-0.39, 0.29) is 24.2 Å². The average Bonchev–Trinajstić information content (AvgIpc) is 3.12. The standard InChI is InChI=1S/C20H18N4O3/c21-19(25)18-10-15(27-14-5-3-9-22-11-14)12-24(18)20(26)17-8-7-13-4-1-2-6-16(13)23-17/h1-9,11,15,18H,10,12H2,(H2,21,25)/t15-,18-/m0/s1. The van der Waals surface area contributed by atoms with Crippen LogP contribution in [0.15, 0.2) is 60.9 Å². The molecule has 0 aliphatic carbocycles. The summed E-state index contributed by atoms with van der Waals surface area (Å²) in [6.45, 7) is 0.260.